The van der Waals surface area contributed by atoms with Gasteiger partial charge in [-0.3, -0.25) is 4.79 Å². The van der Waals surface area contributed by atoms with Gasteiger partial charge in [0.1, 0.15) is 4.88 Å². The molecule has 0 fully saturated rings. The van der Waals surface area contributed by atoms with Crippen LogP contribution in [0.15, 0.2) is 28.8 Å². The summed E-state index contributed by atoms with van der Waals surface area (Å²) in [5.74, 6) is 0.775. The number of thiazole rings is 1. The molecule has 0 aliphatic rings. The van der Waals surface area contributed by atoms with Crippen LogP contribution in [0.4, 0.5) is 5.13 Å². The quantitative estimate of drug-likeness (QED) is 0.801. The summed E-state index contributed by atoms with van der Waals surface area (Å²) in [5, 5.41) is 7.19. The molecule has 0 aliphatic heterocycles. The average Bonchev–Trinajstić information content (AvgIpc) is 3.06. The molecular formula is C15H14N4O2S. The Labute approximate surface area is 131 Å². The largest absolute Gasteiger partial charge is 0.333 e. The van der Waals surface area contributed by atoms with Crippen molar-refractivity contribution >= 4 is 22.4 Å². The van der Waals surface area contributed by atoms with Crippen molar-refractivity contribution < 1.29 is 9.32 Å². The average molecular weight is 314 g/mol. The maximum absolute atomic E-state index is 11.1. The lowest BCUT2D eigenvalue weighted by Gasteiger charge is -1.94. The number of nitrogens with one attached hydrogen (secondary N) is 1. The minimum absolute atomic E-state index is 0.161. The van der Waals surface area contributed by atoms with Gasteiger partial charge in [0.05, 0.1) is 5.69 Å². The maximum atomic E-state index is 11.1. The Morgan fingerprint density at radius 2 is 1.91 bits per heavy atom. The van der Waals surface area contributed by atoms with Crippen molar-refractivity contribution in [3.63, 3.8) is 0 Å². The van der Waals surface area contributed by atoms with E-state index in [0.29, 0.717) is 16.8 Å². The van der Waals surface area contributed by atoms with Gasteiger partial charge >= 0.3 is 0 Å². The molecule has 0 saturated carbocycles. The van der Waals surface area contributed by atoms with E-state index in [0.717, 1.165) is 16.1 Å². The van der Waals surface area contributed by atoms with Crippen molar-refractivity contribution in [3.8, 4) is 22.2 Å². The Balaban J connectivity index is 1.92. The Kier molecular flexibility index (Phi) is 3.72. The monoisotopic (exact) mass is 314 g/mol. The molecule has 3 rings (SSSR count). The summed E-state index contributed by atoms with van der Waals surface area (Å²) in [6.45, 7) is 5.31. The Morgan fingerprint density at radius 1 is 1.18 bits per heavy atom. The lowest BCUT2D eigenvalue weighted by Crippen LogP contribution is -2.04. The number of benzene rings is 1. The number of carbonyl (C=O) groups excluding carboxylic acids is 1. The fraction of sp³-hybridized carbons (Fsp3) is 0.200. The van der Waals surface area contributed by atoms with Gasteiger partial charge in [-0.2, -0.15) is 4.98 Å². The summed E-state index contributed by atoms with van der Waals surface area (Å²) < 4.78 is 5.33. The van der Waals surface area contributed by atoms with Crippen LogP contribution in [0.25, 0.3) is 22.2 Å². The minimum atomic E-state index is -0.161. The minimum Gasteiger partial charge on any atom is -0.333 e. The molecule has 6 nitrogen and oxygen atoms in total. The Hall–Kier alpha value is -2.54. The molecule has 0 saturated heterocycles. The summed E-state index contributed by atoms with van der Waals surface area (Å²) in [6.07, 6.45) is 0. The van der Waals surface area contributed by atoms with Gasteiger partial charge in [0.25, 0.3) is 5.89 Å². The molecule has 0 bridgehead atoms. The van der Waals surface area contributed by atoms with Crippen molar-refractivity contribution in [3.05, 3.63) is 35.5 Å². The molecule has 1 amide bonds. The zero-order valence-electron chi connectivity index (χ0n) is 12.4. The molecule has 0 atom stereocenters. The van der Waals surface area contributed by atoms with Crippen LogP contribution < -0.4 is 5.32 Å². The molecule has 112 valence electrons. The molecule has 7 heteroatoms. The van der Waals surface area contributed by atoms with Gasteiger partial charge in [0.2, 0.25) is 11.7 Å². The van der Waals surface area contributed by atoms with E-state index in [4.69, 9.17) is 4.52 Å². The predicted octanol–water partition coefficient (Wildman–Crippen LogP) is 3.44. The highest BCUT2D eigenvalue weighted by molar-refractivity contribution is 7.19. The first-order valence-electron chi connectivity index (χ1n) is 6.69. The highest BCUT2D eigenvalue weighted by atomic mass is 32.1. The molecule has 1 aromatic carbocycles. The molecule has 0 radical (unpaired) electrons. The van der Waals surface area contributed by atoms with E-state index in [1.165, 1.54) is 23.8 Å². The van der Waals surface area contributed by atoms with Crippen molar-refractivity contribution in [2.24, 2.45) is 0 Å². The van der Waals surface area contributed by atoms with Crippen LogP contribution in [0.3, 0.4) is 0 Å². The van der Waals surface area contributed by atoms with Crippen LogP contribution in [-0.2, 0) is 4.79 Å². The molecule has 1 N–H and O–H groups in total. The fourth-order valence-electron chi connectivity index (χ4n) is 1.93. The van der Waals surface area contributed by atoms with Crippen LogP contribution >= 0.6 is 11.3 Å². The zero-order valence-corrected chi connectivity index (χ0v) is 13.2. The Bertz CT molecular complexity index is 820. The first-order chi connectivity index (χ1) is 10.5. The number of anilines is 1. The zero-order chi connectivity index (χ0) is 15.7. The number of aromatic nitrogens is 3. The third-order valence-electron chi connectivity index (χ3n) is 3.01. The standard InChI is InChI=1S/C15H14N4O2S/c1-8-4-6-11(7-5-8)13-18-14(21-19-13)12-9(2)16-15(22-12)17-10(3)20/h4-7H,1-3H3,(H,16,17,20). The molecule has 2 aromatic heterocycles. The van der Waals surface area contributed by atoms with Gasteiger partial charge in [-0.15, -0.1) is 0 Å². The SMILES string of the molecule is CC(=O)Nc1nc(C)c(-c2nc(-c3ccc(C)cc3)no2)s1. The number of hydrogen-bond acceptors (Lipinski definition) is 6. The molecular weight excluding hydrogens is 300 g/mol. The second kappa shape index (κ2) is 5.69. The van der Waals surface area contributed by atoms with E-state index in [9.17, 15) is 4.79 Å². The molecule has 0 unspecified atom stereocenters. The van der Waals surface area contributed by atoms with Crippen molar-refractivity contribution in [1.29, 1.82) is 0 Å². The summed E-state index contributed by atoms with van der Waals surface area (Å²) in [7, 11) is 0. The van der Waals surface area contributed by atoms with E-state index >= 15 is 0 Å². The first-order valence-corrected chi connectivity index (χ1v) is 7.50. The molecule has 2 heterocycles. The number of rotatable bonds is 3. The summed E-state index contributed by atoms with van der Waals surface area (Å²) in [4.78, 5) is 20.5. The van der Waals surface area contributed by atoms with Gasteiger partial charge in [0, 0.05) is 12.5 Å². The Morgan fingerprint density at radius 3 is 2.59 bits per heavy atom. The smallest absolute Gasteiger partial charge is 0.270 e. The highest BCUT2D eigenvalue weighted by Gasteiger charge is 2.17. The van der Waals surface area contributed by atoms with Gasteiger partial charge in [0.15, 0.2) is 5.13 Å². The van der Waals surface area contributed by atoms with Crippen LogP contribution in [-0.4, -0.2) is 21.0 Å². The van der Waals surface area contributed by atoms with Crippen molar-refractivity contribution in [2.75, 3.05) is 5.32 Å². The lowest BCUT2D eigenvalue weighted by molar-refractivity contribution is -0.114. The first kappa shape index (κ1) is 14.4. The molecule has 0 spiro atoms. The molecule has 0 aliphatic carbocycles. The van der Waals surface area contributed by atoms with Crippen LogP contribution in [0.2, 0.25) is 0 Å². The molecule has 3 aromatic rings. The highest BCUT2D eigenvalue weighted by Crippen LogP contribution is 2.32. The normalized spacial score (nSPS) is 10.7. The predicted molar refractivity (Wildman–Crippen MR) is 84.6 cm³/mol. The number of carbonyl (C=O) groups is 1. The third-order valence-corrected chi connectivity index (χ3v) is 4.07. The van der Waals surface area contributed by atoms with Crippen LogP contribution in [0.1, 0.15) is 18.2 Å². The number of hydrogen-bond donors (Lipinski definition) is 1. The summed E-state index contributed by atoms with van der Waals surface area (Å²) in [5.41, 5.74) is 2.81. The topological polar surface area (TPSA) is 80.9 Å². The van der Waals surface area contributed by atoms with Crippen LogP contribution in [0.5, 0.6) is 0 Å². The summed E-state index contributed by atoms with van der Waals surface area (Å²) in [6, 6.07) is 7.90. The number of aryl methyl sites for hydroxylation is 2. The van der Waals surface area contributed by atoms with E-state index in [2.05, 4.69) is 20.4 Å². The van der Waals surface area contributed by atoms with E-state index in [1.54, 1.807) is 0 Å². The van der Waals surface area contributed by atoms with Crippen molar-refractivity contribution in [1.82, 2.24) is 15.1 Å². The lowest BCUT2D eigenvalue weighted by atomic mass is 10.1. The van der Waals surface area contributed by atoms with Gasteiger partial charge in [-0.25, -0.2) is 4.98 Å². The second-order valence-corrected chi connectivity index (χ2v) is 5.90. The van der Waals surface area contributed by atoms with Gasteiger partial charge in [-0.05, 0) is 13.8 Å². The van der Waals surface area contributed by atoms with Gasteiger partial charge in [-0.1, -0.05) is 46.3 Å². The number of nitrogens with zero attached hydrogens (tertiary/aromatic N) is 3. The second-order valence-electron chi connectivity index (χ2n) is 4.90. The third kappa shape index (κ3) is 2.89. The van der Waals surface area contributed by atoms with E-state index in [1.807, 2.05) is 38.1 Å². The fourth-order valence-corrected chi connectivity index (χ4v) is 2.87. The summed E-state index contributed by atoms with van der Waals surface area (Å²) >= 11 is 1.31. The maximum Gasteiger partial charge on any atom is 0.270 e. The van der Waals surface area contributed by atoms with E-state index < -0.39 is 0 Å². The molecule has 22 heavy (non-hydrogen) atoms. The van der Waals surface area contributed by atoms with Gasteiger partial charge < -0.3 is 9.84 Å². The van der Waals surface area contributed by atoms with Crippen LogP contribution in [0, 0.1) is 13.8 Å². The van der Waals surface area contributed by atoms with Crippen molar-refractivity contribution in [2.45, 2.75) is 20.8 Å². The number of amides is 1. The van der Waals surface area contributed by atoms with E-state index in [-0.39, 0.29) is 5.91 Å².